The minimum atomic E-state index is -4.15. The molecule has 2 aliphatic rings. The molecule has 0 spiro atoms. The summed E-state index contributed by atoms with van der Waals surface area (Å²) in [5, 5.41) is 14.2. The molecule has 1 unspecified atom stereocenters. The van der Waals surface area contributed by atoms with Crippen LogP contribution in [0.25, 0.3) is 0 Å². The number of rotatable bonds is 7. The smallest absolute Gasteiger partial charge is 0.371 e. The number of halogens is 3. The summed E-state index contributed by atoms with van der Waals surface area (Å²) >= 11 is 0. The third-order valence-electron chi connectivity index (χ3n) is 6.70. The summed E-state index contributed by atoms with van der Waals surface area (Å²) in [6, 6.07) is 14.7. The van der Waals surface area contributed by atoms with E-state index in [1.54, 1.807) is 4.90 Å². The minimum absolute atomic E-state index is 0.00249. The molecule has 2 saturated heterocycles. The van der Waals surface area contributed by atoms with Crippen molar-refractivity contribution < 1.29 is 23.2 Å². The first kappa shape index (κ1) is 25.3. The molecule has 2 N–H and O–H groups in total. The molecule has 0 saturated carbocycles. The fourth-order valence-electron chi connectivity index (χ4n) is 4.42. The molecule has 190 valence electrons. The molecule has 2 aromatic rings. The van der Waals surface area contributed by atoms with Crippen molar-refractivity contribution >= 4 is 23.0 Å². The Bertz CT molecular complexity index is 976. The van der Waals surface area contributed by atoms with Gasteiger partial charge in [0.1, 0.15) is 0 Å². The van der Waals surface area contributed by atoms with Crippen molar-refractivity contribution in [2.24, 2.45) is 5.92 Å². The van der Waals surface area contributed by atoms with Crippen LogP contribution in [0.3, 0.4) is 0 Å². The van der Waals surface area contributed by atoms with Gasteiger partial charge in [-0.15, -0.1) is 0 Å². The van der Waals surface area contributed by atoms with E-state index in [-0.39, 0.29) is 32.0 Å². The zero-order chi connectivity index (χ0) is 25.0. The first-order valence-electron chi connectivity index (χ1n) is 11.9. The van der Waals surface area contributed by atoms with Gasteiger partial charge < -0.3 is 15.1 Å². The quantitative estimate of drug-likeness (QED) is 0.454. The zero-order valence-electron chi connectivity index (χ0n) is 19.8. The summed E-state index contributed by atoms with van der Waals surface area (Å²) in [5.74, 6) is -1.59. The van der Waals surface area contributed by atoms with Crippen LogP contribution in [0.1, 0.15) is 12.0 Å². The number of benzene rings is 2. The Morgan fingerprint density at radius 3 is 2.17 bits per heavy atom. The average Bonchev–Trinajstić information content (AvgIpc) is 3.33. The highest BCUT2D eigenvalue weighted by molar-refractivity contribution is 5.77. The van der Waals surface area contributed by atoms with Gasteiger partial charge in [-0.25, -0.2) is 5.06 Å². The Morgan fingerprint density at radius 1 is 1.00 bits per heavy atom. The summed E-state index contributed by atoms with van der Waals surface area (Å²) in [4.78, 5) is 18.4. The summed E-state index contributed by atoms with van der Waals surface area (Å²) in [5.41, 5.74) is 3.22. The van der Waals surface area contributed by atoms with E-state index in [0.717, 1.165) is 53.9 Å². The van der Waals surface area contributed by atoms with Gasteiger partial charge in [-0.3, -0.25) is 14.9 Å². The van der Waals surface area contributed by atoms with Gasteiger partial charge in [-0.2, -0.15) is 13.2 Å². The van der Waals surface area contributed by atoms with E-state index in [1.165, 1.54) is 0 Å². The zero-order valence-corrected chi connectivity index (χ0v) is 19.8. The number of amides is 1. The number of hydrogen-bond acceptors (Lipinski definition) is 6. The number of carbonyl (C=O) groups excluding carboxylic acids is 1. The Hall–Kier alpha value is -2.82. The van der Waals surface area contributed by atoms with Gasteiger partial charge in [-0.1, -0.05) is 12.1 Å². The van der Waals surface area contributed by atoms with Crippen LogP contribution in [0.15, 0.2) is 48.5 Å². The van der Waals surface area contributed by atoms with E-state index in [1.807, 2.05) is 53.4 Å². The highest BCUT2D eigenvalue weighted by atomic mass is 19.4. The Kier molecular flexibility index (Phi) is 7.83. The molecular weight excluding hydrogens is 459 g/mol. The first-order valence-corrected chi connectivity index (χ1v) is 11.9. The number of alkyl halides is 3. The number of hydroxylamine groups is 2. The van der Waals surface area contributed by atoms with Crippen molar-refractivity contribution in [3.8, 4) is 0 Å². The van der Waals surface area contributed by atoms with Crippen molar-refractivity contribution in [1.82, 2.24) is 14.9 Å². The summed E-state index contributed by atoms with van der Waals surface area (Å²) in [6.07, 6.45) is -4.02. The van der Waals surface area contributed by atoms with Crippen LogP contribution >= 0.6 is 0 Å². The Morgan fingerprint density at radius 2 is 1.60 bits per heavy atom. The van der Waals surface area contributed by atoms with Crippen molar-refractivity contribution in [2.75, 3.05) is 63.1 Å². The van der Waals surface area contributed by atoms with Crippen molar-refractivity contribution in [1.29, 1.82) is 0 Å². The second-order valence-electron chi connectivity index (χ2n) is 9.37. The lowest BCUT2D eigenvalue weighted by atomic mass is 10.1. The van der Waals surface area contributed by atoms with Crippen LogP contribution in [0.4, 0.5) is 30.2 Å². The fourth-order valence-corrected chi connectivity index (χ4v) is 4.42. The van der Waals surface area contributed by atoms with Gasteiger partial charge in [0.05, 0.1) is 19.0 Å². The second-order valence-corrected chi connectivity index (χ2v) is 9.37. The number of hydrogen-bond donors (Lipinski definition) is 2. The number of piperazine rings is 1. The molecule has 0 bridgehead atoms. The summed E-state index contributed by atoms with van der Waals surface area (Å²) in [7, 11) is 2.05. The van der Waals surface area contributed by atoms with Crippen molar-refractivity contribution in [3.05, 3.63) is 54.1 Å². The lowest BCUT2D eigenvalue weighted by Gasteiger charge is -2.32. The summed E-state index contributed by atoms with van der Waals surface area (Å²) < 4.78 is 38.8. The molecule has 2 aliphatic heterocycles. The van der Waals surface area contributed by atoms with Crippen LogP contribution in [-0.4, -0.2) is 85.0 Å². The third kappa shape index (κ3) is 6.87. The number of nitrogens with zero attached hydrogens (tertiary/aromatic N) is 4. The van der Waals surface area contributed by atoms with Crippen LogP contribution < -0.4 is 10.2 Å². The molecule has 1 amide bonds. The molecule has 35 heavy (non-hydrogen) atoms. The van der Waals surface area contributed by atoms with Gasteiger partial charge in [-0.05, 0) is 55.4 Å². The predicted octanol–water partition coefficient (Wildman–Crippen LogP) is 3.78. The molecule has 7 nitrogen and oxygen atoms in total. The van der Waals surface area contributed by atoms with Gasteiger partial charge in [0.2, 0.25) is 0 Å². The standard InChI is InChI=1S/C25H32F3N5O2/c1-30-12-14-31(15-13-30)18-24(34)33(35)16-19-2-4-21(5-3-19)29-22-6-8-23(9-7-22)32-11-10-20(17-32)25(26,27)28/h2-9,20,29,35H,10-18H2,1H3. The second kappa shape index (κ2) is 10.8. The average molecular weight is 492 g/mol. The molecular formula is C25H32F3N5O2. The van der Waals surface area contributed by atoms with E-state index in [4.69, 9.17) is 0 Å². The highest BCUT2D eigenvalue weighted by Gasteiger charge is 2.43. The van der Waals surface area contributed by atoms with Crippen LogP contribution in [0, 0.1) is 5.92 Å². The van der Waals surface area contributed by atoms with Crippen LogP contribution in [0.5, 0.6) is 0 Å². The number of anilines is 3. The van der Waals surface area contributed by atoms with Crippen LogP contribution in [0.2, 0.25) is 0 Å². The maximum atomic E-state index is 12.9. The maximum absolute atomic E-state index is 12.9. The number of carbonyl (C=O) groups is 1. The monoisotopic (exact) mass is 491 g/mol. The number of nitrogens with one attached hydrogen (secondary N) is 1. The van der Waals surface area contributed by atoms with Gasteiger partial charge in [0.15, 0.2) is 0 Å². The molecule has 10 heteroatoms. The van der Waals surface area contributed by atoms with E-state index < -0.39 is 12.1 Å². The van der Waals surface area contributed by atoms with Crippen LogP contribution in [-0.2, 0) is 11.3 Å². The van der Waals surface area contributed by atoms with Gasteiger partial charge in [0, 0.05) is 56.3 Å². The number of likely N-dealkylation sites (N-methyl/N-ethyl adjacent to an activating group) is 1. The molecule has 1 atom stereocenters. The van der Waals surface area contributed by atoms with Gasteiger partial charge in [0.25, 0.3) is 5.91 Å². The Labute approximate surface area is 203 Å². The van der Waals surface area contributed by atoms with E-state index in [2.05, 4.69) is 17.3 Å². The first-order chi connectivity index (χ1) is 16.7. The molecule has 0 aromatic heterocycles. The molecule has 2 fully saturated rings. The molecule has 4 rings (SSSR count). The minimum Gasteiger partial charge on any atom is -0.371 e. The largest absolute Gasteiger partial charge is 0.393 e. The SMILES string of the molecule is CN1CCN(CC(=O)N(O)Cc2ccc(Nc3ccc(N4CCC(C(F)(F)F)C4)cc3)cc2)CC1. The lowest BCUT2D eigenvalue weighted by Crippen LogP contribution is -2.48. The fraction of sp³-hybridized carbons (Fsp3) is 0.480. The third-order valence-corrected chi connectivity index (χ3v) is 6.70. The topological polar surface area (TPSA) is 62.3 Å². The normalized spacial score (nSPS) is 19.7. The summed E-state index contributed by atoms with van der Waals surface area (Å²) in [6.45, 7) is 4.15. The van der Waals surface area contributed by atoms with E-state index >= 15 is 0 Å². The molecule has 0 aliphatic carbocycles. The molecule has 2 aromatic carbocycles. The highest BCUT2D eigenvalue weighted by Crippen LogP contribution is 2.35. The lowest BCUT2D eigenvalue weighted by molar-refractivity contribution is -0.169. The molecule has 0 radical (unpaired) electrons. The molecule has 2 heterocycles. The van der Waals surface area contributed by atoms with E-state index in [0.29, 0.717) is 6.54 Å². The van der Waals surface area contributed by atoms with E-state index in [9.17, 15) is 23.2 Å². The predicted molar refractivity (Wildman–Crippen MR) is 129 cm³/mol. The van der Waals surface area contributed by atoms with Gasteiger partial charge >= 0.3 is 6.18 Å². The Balaban J connectivity index is 1.25. The maximum Gasteiger partial charge on any atom is 0.393 e. The van der Waals surface area contributed by atoms with Crippen molar-refractivity contribution in [2.45, 2.75) is 19.1 Å². The van der Waals surface area contributed by atoms with Crippen molar-refractivity contribution in [3.63, 3.8) is 0 Å².